The van der Waals surface area contributed by atoms with Crippen LogP contribution in [0.2, 0.25) is 0 Å². The van der Waals surface area contributed by atoms with Crippen LogP contribution in [0.4, 0.5) is 0 Å². The minimum Gasteiger partial charge on any atom is -0.477 e. The molecule has 9 rings (SSSR count). The van der Waals surface area contributed by atoms with E-state index >= 15 is 0 Å². The van der Waals surface area contributed by atoms with Gasteiger partial charge in [0, 0.05) is 48.0 Å². The zero-order valence-corrected chi connectivity index (χ0v) is 73.0. The van der Waals surface area contributed by atoms with Gasteiger partial charge in [0.25, 0.3) is 5.79 Å². The Morgan fingerprint density at radius 2 is 0.689 bits per heavy atom. The number of carboxylic acid groups (broad SMARTS) is 1. The lowest BCUT2D eigenvalue weighted by Crippen LogP contribution is -2.71. The maximum absolute atomic E-state index is 13.5. The van der Waals surface area contributed by atoms with Crippen LogP contribution in [0, 0.1) is 0 Å². The number of hydrogen-bond acceptors (Lipinski definition) is 53. The van der Waals surface area contributed by atoms with Crippen molar-refractivity contribution < 1.29 is 267 Å². The van der Waals surface area contributed by atoms with E-state index in [9.17, 15) is 182 Å². The summed E-state index contributed by atoms with van der Waals surface area (Å²) >= 11 is 0. The van der Waals surface area contributed by atoms with E-state index in [1.165, 1.54) is 0 Å². The molecule has 9 aliphatic rings. The van der Waals surface area contributed by atoms with Crippen molar-refractivity contribution in [3.63, 3.8) is 0 Å². The molecule has 9 fully saturated rings. The van der Waals surface area contributed by atoms with E-state index in [1.807, 2.05) is 0 Å². The van der Waals surface area contributed by atoms with Crippen LogP contribution in [0.1, 0.15) is 48.0 Å². The number of aliphatic hydroxyl groups is 28. The van der Waals surface area contributed by atoms with Gasteiger partial charge in [0.1, 0.15) is 232 Å². The van der Waals surface area contributed by atoms with E-state index in [4.69, 9.17) is 85.3 Å². The number of carbonyl (C=O) groups is 7. The Balaban J connectivity index is 1.12. The molecule has 0 aromatic heterocycles. The van der Waals surface area contributed by atoms with Crippen molar-refractivity contribution in [2.24, 2.45) is 0 Å². The average molecular weight is 1980 g/mol. The van der Waals surface area contributed by atoms with Gasteiger partial charge in [-0.25, -0.2) is 4.79 Å². The molecule has 0 unspecified atom stereocenters. The molecule has 9 aliphatic heterocycles. The van der Waals surface area contributed by atoms with Gasteiger partial charge in [-0.05, 0) is 0 Å². The quantitative estimate of drug-likeness (QED) is 0.0270. The van der Waals surface area contributed by atoms with Crippen molar-refractivity contribution in [1.29, 1.82) is 0 Å². The van der Waals surface area contributed by atoms with Gasteiger partial charge >= 0.3 is 5.97 Å². The molecule has 9 heterocycles. The molecule has 6 amide bonds. The second kappa shape index (κ2) is 49.9. The minimum atomic E-state index is -3.15. The van der Waals surface area contributed by atoms with Crippen molar-refractivity contribution in [1.82, 2.24) is 31.9 Å². The largest absolute Gasteiger partial charge is 0.477 e. The van der Waals surface area contributed by atoms with Crippen LogP contribution in [-0.2, 0) is 119 Å². The minimum absolute atomic E-state index is 0.826. The first kappa shape index (κ1) is 113. The van der Waals surface area contributed by atoms with Gasteiger partial charge < -0.3 is 265 Å². The summed E-state index contributed by atoms with van der Waals surface area (Å²) in [7, 11) is 0. The number of ether oxygens (including phenoxy) is 18. The van der Waals surface area contributed by atoms with Crippen LogP contribution in [0.3, 0.4) is 0 Å². The van der Waals surface area contributed by atoms with Crippen molar-refractivity contribution >= 4 is 41.4 Å². The zero-order valence-electron chi connectivity index (χ0n) is 73.0. The summed E-state index contributed by atoms with van der Waals surface area (Å²) in [5.74, 6) is -11.0. The van der Waals surface area contributed by atoms with Crippen LogP contribution in [0.5, 0.6) is 0 Å². The van der Waals surface area contributed by atoms with E-state index in [0.717, 1.165) is 41.5 Å². The number of carbonyl (C=O) groups excluding carboxylic acids is 6. The molecule has 0 aromatic rings. The highest BCUT2D eigenvalue weighted by Gasteiger charge is 2.63. The summed E-state index contributed by atoms with van der Waals surface area (Å²) in [6.07, 6.45) is -98.4. The van der Waals surface area contributed by atoms with Crippen LogP contribution in [0.15, 0.2) is 0 Å². The lowest BCUT2D eigenvalue weighted by atomic mass is 9.88. The highest BCUT2D eigenvalue weighted by atomic mass is 16.8. The Hall–Kier alpha value is -5.55. The summed E-state index contributed by atoms with van der Waals surface area (Å²) in [4.78, 5) is 89.5. The topological polar surface area (TPSA) is 944 Å². The zero-order chi connectivity index (χ0) is 100. The fourth-order valence-corrected chi connectivity index (χ4v) is 16.9. The Morgan fingerprint density at radius 1 is 0.333 bits per heavy atom. The van der Waals surface area contributed by atoms with Crippen molar-refractivity contribution in [3.8, 4) is 0 Å². The lowest BCUT2D eigenvalue weighted by Gasteiger charge is -2.52. The highest BCUT2D eigenvalue weighted by Crippen LogP contribution is 2.42. The third-order valence-corrected chi connectivity index (χ3v) is 23.9. The highest BCUT2D eigenvalue weighted by molar-refractivity contribution is 5.77. The number of aliphatic carboxylic acids is 1. The molecule has 35 N–H and O–H groups in total. The molecule has 60 nitrogen and oxygen atoms in total. The summed E-state index contributed by atoms with van der Waals surface area (Å²) in [5.41, 5.74) is 0. The number of hydrogen-bond donors (Lipinski definition) is 35. The molecule has 0 spiro atoms. The van der Waals surface area contributed by atoms with Crippen molar-refractivity contribution in [2.45, 2.75) is 354 Å². The van der Waals surface area contributed by atoms with Gasteiger partial charge in [-0.1, -0.05) is 0 Å². The molecule has 0 radical (unpaired) electrons. The number of aliphatic hydroxyl groups excluding tert-OH is 28. The number of rotatable bonds is 41. The number of amides is 6. The molecule has 9 saturated heterocycles. The molecule has 0 aliphatic carbocycles. The van der Waals surface area contributed by atoms with E-state index in [0.29, 0.717) is 0 Å². The molecule has 0 aromatic carbocycles. The van der Waals surface area contributed by atoms with Crippen LogP contribution in [0.25, 0.3) is 0 Å². The van der Waals surface area contributed by atoms with Gasteiger partial charge in [0.2, 0.25) is 35.4 Å². The van der Waals surface area contributed by atoms with E-state index in [1.54, 1.807) is 0 Å². The standard InChI is InChI=1S/C75H126N6O54/c1-19(91)76-25(8-82)42(100)58(28(99)10-84)128-68-40(80-23(5)95)51(109)60(33(15-89)123-68)131-71-57(115)63(48(106)35(126-71)17-118-72-64(54(112)46(104)31(13-87)122-72)133-67-39(79-22(4)94)50(108)45(103)30(12-86)121-67)132-73-65(56(114)61(34(16-90)125-73)129-66-38(78-21(3)93)49(107)44(102)29(11-85)120-66)134-69-41(81-24(6)96)52(110)59(32(14-88)124-69)130-70-55(113)53(111)47(105)36(127-70)18-119-75(74(116)117)7-26(97)37(77-20(2)92)62(135-75)43(101)27(98)9-83/h25-73,82-90,97-115H,7-18H2,1-6H3,(H,76,91)(H,77,92)(H,78,93)(H,79,94)(H,80,95)(H,81,96)(H,116,117)/t25-,26-,27+,28+,29+,30+,31+,32+,33+,34+,35+,36+,37+,38+,39+,40+,41+,42+,43+,44+,45+,46+,47-,48+,49+,50+,51+,52+,53-,54-,55+,56-,57-,58+,59+,60+,61+,62+,63-,64-,65-,66-,67-,68-,69-,70-,71-,72-,73+,75+/m0/s1. The third kappa shape index (κ3) is 26.3. The lowest BCUT2D eigenvalue weighted by molar-refractivity contribution is -0.405. The second-order valence-electron chi connectivity index (χ2n) is 33.7. The SMILES string of the molecule is CC(=O)N[C@H]1[C@H](O[C@@H]([C@H](O)[C@H](CO)NC(C)=O)[C@H](O)CO)O[C@H](CO)[C@@H](O[C@@H]2O[C@H](CO[C@H]3O[C@H](CO)[C@@H](O)[C@H](O)[C@@H]3O[C@@H]3O[C@H](CO)[C@@H](O)[C@H](O)[C@H]3NC(C)=O)[C@@H](O)[C@H](O[C@H]3O[C@H](CO)[C@@H](O[C@@H]4O[C@H](CO)[C@@H](O)[C@H](O)[C@H]4NC(C)=O)[C@H](O)[C@@H]3O[C@@H]3O[C@H](CO)[C@@H](O[C@@H]4O[C@H](CO[C@]5(C(=O)O)C[C@H](O)[C@@H](NC(C)=O)[C@H]([C@H](O)[C@H](O)CO)O5)[C@H](O)[C@H](O)[C@H]4O)[C@H](O)[C@H]3NC(C)=O)[C@@H]2O)[C@@H]1O. The van der Waals surface area contributed by atoms with Gasteiger partial charge in [0.15, 0.2) is 50.3 Å². The second-order valence-corrected chi connectivity index (χ2v) is 33.7. The number of carboxylic acids is 1. The summed E-state index contributed by atoms with van der Waals surface area (Å²) in [6, 6.07) is -11.4. The molecular weight excluding hydrogens is 1850 g/mol. The molecular formula is C75H126N6O54. The average Bonchev–Trinajstić information content (AvgIpc) is 0.761. The first-order valence-corrected chi connectivity index (χ1v) is 42.7. The maximum Gasteiger partial charge on any atom is 0.364 e. The molecule has 135 heavy (non-hydrogen) atoms. The van der Waals surface area contributed by atoms with Crippen LogP contribution < -0.4 is 31.9 Å². The Bertz CT molecular complexity index is 3760. The van der Waals surface area contributed by atoms with Gasteiger partial charge in [0.05, 0.1) is 90.9 Å². The fraction of sp³-hybridized carbons (Fsp3) is 0.907. The summed E-state index contributed by atoms with van der Waals surface area (Å²) in [6.45, 7) is -7.94. The first-order valence-electron chi connectivity index (χ1n) is 42.7. The monoisotopic (exact) mass is 1970 g/mol. The third-order valence-electron chi connectivity index (χ3n) is 23.9. The first-order chi connectivity index (χ1) is 63.6. The van der Waals surface area contributed by atoms with Crippen molar-refractivity contribution in [3.05, 3.63) is 0 Å². The normalized spacial score (nSPS) is 43.9. The van der Waals surface area contributed by atoms with Gasteiger partial charge in [-0.3, -0.25) is 28.8 Å². The summed E-state index contributed by atoms with van der Waals surface area (Å²) < 4.78 is 108. The number of nitrogens with one attached hydrogen (secondary N) is 6. The summed E-state index contributed by atoms with van der Waals surface area (Å²) in [5, 5.41) is 340. The van der Waals surface area contributed by atoms with Crippen molar-refractivity contribution in [2.75, 3.05) is 72.7 Å². The van der Waals surface area contributed by atoms with Crippen LogP contribution >= 0.6 is 0 Å². The van der Waals surface area contributed by atoms with Gasteiger partial charge in [-0.15, -0.1) is 0 Å². The molecule has 0 bridgehead atoms. The molecule has 60 heteroatoms. The Labute approximate surface area is 764 Å². The van der Waals surface area contributed by atoms with E-state index < -0.39 is 427 Å². The Morgan fingerprint density at radius 3 is 1.13 bits per heavy atom. The Kier molecular flexibility index (Phi) is 41.8. The predicted octanol–water partition coefficient (Wildman–Crippen LogP) is -23.1. The van der Waals surface area contributed by atoms with Crippen LogP contribution in [-0.4, -0.2) is 568 Å². The molecule has 0 saturated carbocycles. The molecule has 780 valence electrons. The maximum atomic E-state index is 13.5. The van der Waals surface area contributed by atoms with Gasteiger partial charge in [-0.2, -0.15) is 0 Å². The van der Waals surface area contributed by atoms with E-state index in [2.05, 4.69) is 31.9 Å². The molecule has 50 atom stereocenters. The smallest absolute Gasteiger partial charge is 0.364 e. The van der Waals surface area contributed by atoms with E-state index in [-0.39, 0.29) is 0 Å². The fourth-order valence-electron chi connectivity index (χ4n) is 16.9. The predicted molar refractivity (Wildman–Crippen MR) is 419 cm³/mol.